The minimum Gasteiger partial charge on any atom is -0.466 e. The molecule has 0 amide bonds. The van der Waals surface area contributed by atoms with Gasteiger partial charge in [0, 0.05) is 6.04 Å². The minimum absolute atomic E-state index is 0.166. The molecule has 0 heterocycles. The lowest BCUT2D eigenvalue weighted by atomic mass is 10.1. The average molecular weight is 203 g/mol. The van der Waals surface area contributed by atoms with Crippen LogP contribution in [0.2, 0.25) is 0 Å². The van der Waals surface area contributed by atoms with Gasteiger partial charge in [-0.15, -0.1) is 0 Å². The zero-order valence-electron chi connectivity index (χ0n) is 9.08. The molecule has 2 N–H and O–H groups in total. The minimum atomic E-state index is -0.254. The van der Waals surface area contributed by atoms with Crippen LogP contribution in [0.1, 0.15) is 46.0 Å². The number of esters is 1. The highest BCUT2D eigenvalue weighted by Crippen LogP contribution is 2.06. The Hall–Kier alpha value is -0.610. The van der Waals surface area contributed by atoms with Crippen molar-refractivity contribution in [2.75, 3.05) is 6.61 Å². The van der Waals surface area contributed by atoms with Crippen LogP contribution < -0.4 is 5.48 Å². The fraction of sp³-hybridized carbons (Fsp3) is 0.900. The van der Waals surface area contributed by atoms with Gasteiger partial charge >= 0.3 is 5.97 Å². The number of carbonyl (C=O) groups is 1. The van der Waals surface area contributed by atoms with Gasteiger partial charge in [0.15, 0.2) is 0 Å². The first-order valence-corrected chi connectivity index (χ1v) is 5.29. The topological polar surface area (TPSA) is 58.6 Å². The smallest absolute Gasteiger partial charge is 0.307 e. The van der Waals surface area contributed by atoms with Gasteiger partial charge in [-0.2, -0.15) is 0 Å². The van der Waals surface area contributed by atoms with Gasteiger partial charge in [0.25, 0.3) is 0 Å². The molecule has 0 aliphatic heterocycles. The Kier molecular flexibility index (Phi) is 8.57. The number of ether oxygens (including phenoxy) is 1. The van der Waals surface area contributed by atoms with Crippen LogP contribution >= 0.6 is 0 Å². The molecule has 0 aromatic heterocycles. The molecule has 0 unspecified atom stereocenters. The number of hydroxylamine groups is 1. The highest BCUT2D eigenvalue weighted by atomic mass is 16.5. The maximum absolute atomic E-state index is 11.1. The predicted octanol–water partition coefficient (Wildman–Crippen LogP) is 1.87. The second-order valence-electron chi connectivity index (χ2n) is 3.33. The van der Waals surface area contributed by atoms with Crippen molar-refractivity contribution < 1.29 is 14.7 Å². The highest BCUT2D eigenvalue weighted by molar-refractivity contribution is 5.70. The van der Waals surface area contributed by atoms with Gasteiger partial charge in [-0.3, -0.25) is 4.79 Å². The van der Waals surface area contributed by atoms with E-state index in [1.54, 1.807) is 6.92 Å². The Morgan fingerprint density at radius 1 is 1.43 bits per heavy atom. The number of unbranched alkanes of at least 4 members (excludes halogenated alkanes) is 2. The summed E-state index contributed by atoms with van der Waals surface area (Å²) >= 11 is 0. The van der Waals surface area contributed by atoms with Crippen LogP contribution in [0.4, 0.5) is 0 Å². The van der Waals surface area contributed by atoms with Crippen LogP contribution in [0.5, 0.6) is 0 Å². The van der Waals surface area contributed by atoms with Gasteiger partial charge in [-0.1, -0.05) is 26.2 Å². The normalized spacial score (nSPS) is 12.5. The Bertz CT molecular complexity index is 150. The van der Waals surface area contributed by atoms with Crippen LogP contribution in [0, 0.1) is 0 Å². The first-order valence-electron chi connectivity index (χ1n) is 5.29. The summed E-state index contributed by atoms with van der Waals surface area (Å²) < 4.78 is 4.79. The molecule has 0 saturated heterocycles. The van der Waals surface area contributed by atoms with Gasteiger partial charge < -0.3 is 9.94 Å². The zero-order valence-corrected chi connectivity index (χ0v) is 9.08. The summed E-state index contributed by atoms with van der Waals surface area (Å²) in [5.41, 5.74) is 2.15. The summed E-state index contributed by atoms with van der Waals surface area (Å²) in [7, 11) is 0. The van der Waals surface area contributed by atoms with E-state index < -0.39 is 0 Å². The molecule has 0 aromatic rings. The quantitative estimate of drug-likeness (QED) is 0.359. The first kappa shape index (κ1) is 13.4. The summed E-state index contributed by atoms with van der Waals surface area (Å²) in [5, 5.41) is 8.78. The maximum Gasteiger partial charge on any atom is 0.307 e. The third-order valence-corrected chi connectivity index (χ3v) is 2.06. The van der Waals surface area contributed by atoms with Crippen LogP contribution in [-0.2, 0) is 9.53 Å². The monoisotopic (exact) mass is 203 g/mol. The van der Waals surface area contributed by atoms with E-state index in [-0.39, 0.29) is 18.4 Å². The Labute approximate surface area is 85.6 Å². The molecule has 0 spiro atoms. The second kappa shape index (κ2) is 8.97. The molecule has 0 saturated carbocycles. The van der Waals surface area contributed by atoms with Crippen molar-refractivity contribution in [1.29, 1.82) is 0 Å². The second-order valence-corrected chi connectivity index (χ2v) is 3.33. The highest BCUT2D eigenvalue weighted by Gasteiger charge is 2.12. The third-order valence-electron chi connectivity index (χ3n) is 2.06. The largest absolute Gasteiger partial charge is 0.466 e. The lowest BCUT2D eigenvalue weighted by Crippen LogP contribution is -2.29. The molecule has 0 aliphatic rings. The van der Waals surface area contributed by atoms with Crippen molar-refractivity contribution in [2.45, 2.75) is 52.0 Å². The molecule has 0 aromatic carbocycles. The van der Waals surface area contributed by atoms with E-state index in [0.29, 0.717) is 6.61 Å². The van der Waals surface area contributed by atoms with Gasteiger partial charge in [0.2, 0.25) is 0 Å². The maximum atomic E-state index is 11.1. The van der Waals surface area contributed by atoms with E-state index in [0.717, 1.165) is 25.7 Å². The van der Waals surface area contributed by atoms with Crippen molar-refractivity contribution in [3.05, 3.63) is 0 Å². The van der Waals surface area contributed by atoms with Crippen molar-refractivity contribution in [3.63, 3.8) is 0 Å². The fourth-order valence-corrected chi connectivity index (χ4v) is 1.27. The van der Waals surface area contributed by atoms with Crippen LogP contribution in [0.15, 0.2) is 0 Å². The molecule has 1 atom stereocenters. The molecule has 14 heavy (non-hydrogen) atoms. The van der Waals surface area contributed by atoms with Crippen molar-refractivity contribution in [2.24, 2.45) is 0 Å². The summed E-state index contributed by atoms with van der Waals surface area (Å²) in [6.45, 7) is 4.29. The fourth-order valence-electron chi connectivity index (χ4n) is 1.27. The van der Waals surface area contributed by atoms with Crippen LogP contribution in [-0.4, -0.2) is 23.8 Å². The number of hydrogen-bond acceptors (Lipinski definition) is 4. The SMILES string of the molecule is CCCCC[C@@H](CC(=O)OCC)NO. The third kappa shape index (κ3) is 6.86. The van der Waals surface area contributed by atoms with Gasteiger partial charge in [0.05, 0.1) is 13.0 Å². The van der Waals surface area contributed by atoms with E-state index >= 15 is 0 Å². The Morgan fingerprint density at radius 2 is 2.14 bits per heavy atom. The number of hydrogen-bond donors (Lipinski definition) is 2. The summed E-state index contributed by atoms with van der Waals surface area (Å²) in [4.78, 5) is 11.1. The molecule has 0 fully saturated rings. The lowest BCUT2D eigenvalue weighted by molar-refractivity contribution is -0.144. The van der Waals surface area contributed by atoms with Crippen molar-refractivity contribution in [1.82, 2.24) is 5.48 Å². The van der Waals surface area contributed by atoms with E-state index in [2.05, 4.69) is 12.4 Å². The molecular weight excluding hydrogens is 182 g/mol. The molecule has 4 heteroatoms. The van der Waals surface area contributed by atoms with E-state index in [4.69, 9.17) is 9.94 Å². The van der Waals surface area contributed by atoms with Crippen molar-refractivity contribution in [3.8, 4) is 0 Å². The Morgan fingerprint density at radius 3 is 2.64 bits per heavy atom. The average Bonchev–Trinajstić information content (AvgIpc) is 2.17. The van der Waals surface area contributed by atoms with E-state index in [1.165, 1.54) is 0 Å². The number of nitrogens with one attached hydrogen (secondary N) is 1. The standard InChI is InChI=1S/C10H21NO3/c1-3-5-6-7-9(11-13)8-10(12)14-4-2/h9,11,13H,3-8H2,1-2H3/t9-/m0/s1. The van der Waals surface area contributed by atoms with Crippen molar-refractivity contribution >= 4 is 5.97 Å². The van der Waals surface area contributed by atoms with Gasteiger partial charge in [-0.05, 0) is 13.3 Å². The van der Waals surface area contributed by atoms with E-state index in [1.807, 2.05) is 0 Å². The molecule has 0 bridgehead atoms. The summed E-state index contributed by atoms with van der Waals surface area (Å²) in [6, 6.07) is -0.166. The van der Waals surface area contributed by atoms with Crippen LogP contribution in [0.25, 0.3) is 0 Å². The number of rotatable bonds is 8. The zero-order chi connectivity index (χ0) is 10.8. The van der Waals surface area contributed by atoms with E-state index in [9.17, 15) is 4.79 Å². The van der Waals surface area contributed by atoms with Gasteiger partial charge in [0.1, 0.15) is 0 Å². The molecule has 84 valence electrons. The molecular formula is C10H21NO3. The summed E-state index contributed by atoms with van der Waals surface area (Å²) in [5.74, 6) is -0.254. The molecule has 0 radical (unpaired) electrons. The predicted molar refractivity (Wildman–Crippen MR) is 54.1 cm³/mol. The lowest BCUT2D eigenvalue weighted by Gasteiger charge is -2.13. The Balaban J connectivity index is 3.61. The summed E-state index contributed by atoms with van der Waals surface area (Å²) in [6.07, 6.45) is 4.34. The van der Waals surface area contributed by atoms with Gasteiger partial charge in [-0.25, -0.2) is 5.48 Å². The van der Waals surface area contributed by atoms with Crippen LogP contribution in [0.3, 0.4) is 0 Å². The molecule has 4 nitrogen and oxygen atoms in total. The molecule has 0 aliphatic carbocycles. The molecule has 0 rings (SSSR count). The number of carbonyl (C=O) groups excluding carboxylic acids is 1. The first-order chi connectivity index (χ1) is 6.74.